The van der Waals surface area contributed by atoms with Gasteiger partial charge in [-0.3, -0.25) is 4.79 Å². The minimum absolute atomic E-state index is 0.136. The van der Waals surface area contributed by atoms with E-state index in [-0.39, 0.29) is 5.91 Å². The van der Waals surface area contributed by atoms with Gasteiger partial charge in [0, 0.05) is 34.6 Å². The quantitative estimate of drug-likeness (QED) is 0.324. The molecule has 1 saturated heterocycles. The number of carbonyl (C=O) groups excluding carboxylic acids is 1. The fourth-order valence-corrected chi connectivity index (χ4v) is 4.13. The molecule has 1 aliphatic rings. The molecule has 0 N–H and O–H groups in total. The van der Waals surface area contributed by atoms with Gasteiger partial charge in [0.2, 0.25) is 0 Å². The largest absolute Gasteiger partial charge is 0.456 e. The molecule has 0 aliphatic carbocycles. The second-order valence-corrected chi connectivity index (χ2v) is 8.31. The topological polar surface area (TPSA) is 33.5 Å². The zero-order valence-electron chi connectivity index (χ0n) is 17.1. The number of fused-ring (bicyclic) bond motifs is 1. The fraction of sp³-hybridized carbons (Fsp3) is 0.148. The molecular weight excluding hydrogens is 406 g/mol. The Hall–Kier alpha value is -3.30. The van der Waals surface area contributed by atoms with E-state index < -0.39 is 0 Å². The molecule has 3 nitrogen and oxygen atoms in total. The average molecular weight is 428 g/mol. The highest BCUT2D eigenvalue weighted by atomic mass is 35.5. The maximum atomic E-state index is 12.5. The number of furan rings is 1. The zero-order valence-corrected chi connectivity index (χ0v) is 17.8. The van der Waals surface area contributed by atoms with Crippen LogP contribution in [0, 0.1) is 0 Å². The molecule has 4 aromatic rings. The SMILES string of the molecule is O=C(c1ccc(/C=C/c2ccc(-c3cc4cc(Cl)ccc4o3)cc2)cc1)N1CCCC1. The first kappa shape index (κ1) is 19.7. The smallest absolute Gasteiger partial charge is 0.253 e. The van der Waals surface area contributed by atoms with Crippen molar-refractivity contribution in [3.63, 3.8) is 0 Å². The van der Waals surface area contributed by atoms with Crippen molar-refractivity contribution in [3.8, 4) is 11.3 Å². The van der Waals surface area contributed by atoms with Gasteiger partial charge in [-0.2, -0.15) is 0 Å². The van der Waals surface area contributed by atoms with Gasteiger partial charge in [-0.1, -0.05) is 60.2 Å². The van der Waals surface area contributed by atoms with Crippen molar-refractivity contribution >= 4 is 40.6 Å². The van der Waals surface area contributed by atoms with Crippen LogP contribution in [0.3, 0.4) is 0 Å². The van der Waals surface area contributed by atoms with Gasteiger partial charge in [-0.25, -0.2) is 0 Å². The number of halogens is 1. The molecule has 4 heteroatoms. The van der Waals surface area contributed by atoms with E-state index in [1.165, 1.54) is 0 Å². The first-order valence-electron chi connectivity index (χ1n) is 10.5. The summed E-state index contributed by atoms with van der Waals surface area (Å²) in [6, 6.07) is 23.7. The van der Waals surface area contributed by atoms with Gasteiger partial charge in [0.05, 0.1) is 0 Å². The lowest BCUT2D eigenvalue weighted by molar-refractivity contribution is 0.0793. The van der Waals surface area contributed by atoms with Crippen LogP contribution in [-0.2, 0) is 0 Å². The number of benzene rings is 3. The molecule has 1 aliphatic heterocycles. The van der Waals surface area contributed by atoms with Crippen LogP contribution in [0.4, 0.5) is 0 Å². The number of rotatable bonds is 4. The predicted molar refractivity (Wildman–Crippen MR) is 127 cm³/mol. The fourth-order valence-electron chi connectivity index (χ4n) is 3.95. The van der Waals surface area contributed by atoms with Crippen molar-refractivity contribution in [2.75, 3.05) is 13.1 Å². The second-order valence-electron chi connectivity index (χ2n) is 7.87. The number of hydrogen-bond acceptors (Lipinski definition) is 2. The van der Waals surface area contributed by atoms with Crippen molar-refractivity contribution in [1.29, 1.82) is 0 Å². The van der Waals surface area contributed by atoms with Gasteiger partial charge in [0.1, 0.15) is 11.3 Å². The van der Waals surface area contributed by atoms with Crippen LogP contribution in [0.15, 0.2) is 77.2 Å². The summed E-state index contributed by atoms with van der Waals surface area (Å²) in [7, 11) is 0. The number of carbonyl (C=O) groups is 1. The van der Waals surface area contributed by atoms with Crippen LogP contribution >= 0.6 is 11.6 Å². The monoisotopic (exact) mass is 427 g/mol. The van der Waals surface area contributed by atoms with Crippen LogP contribution in [0.25, 0.3) is 34.4 Å². The van der Waals surface area contributed by atoms with Crippen LogP contribution in [0.2, 0.25) is 5.02 Å². The second kappa shape index (κ2) is 8.44. The highest BCUT2D eigenvalue weighted by molar-refractivity contribution is 6.31. The van der Waals surface area contributed by atoms with Crippen LogP contribution in [0.1, 0.15) is 34.3 Å². The maximum Gasteiger partial charge on any atom is 0.253 e. The molecule has 3 aromatic carbocycles. The number of amides is 1. The third-order valence-corrected chi connectivity index (χ3v) is 5.93. The summed E-state index contributed by atoms with van der Waals surface area (Å²) >= 11 is 6.07. The molecule has 1 amide bonds. The van der Waals surface area contributed by atoms with E-state index in [0.29, 0.717) is 5.02 Å². The number of likely N-dealkylation sites (tertiary alicyclic amines) is 1. The van der Waals surface area contributed by atoms with Crippen molar-refractivity contribution in [3.05, 3.63) is 94.5 Å². The Bertz CT molecular complexity index is 1250. The maximum absolute atomic E-state index is 12.5. The predicted octanol–water partition coefficient (Wildman–Crippen LogP) is 7.16. The minimum atomic E-state index is 0.136. The van der Waals surface area contributed by atoms with Crippen molar-refractivity contribution in [1.82, 2.24) is 4.90 Å². The molecule has 31 heavy (non-hydrogen) atoms. The first-order chi connectivity index (χ1) is 15.2. The third-order valence-electron chi connectivity index (χ3n) is 5.69. The van der Waals surface area contributed by atoms with Crippen LogP contribution in [0.5, 0.6) is 0 Å². The number of hydrogen-bond donors (Lipinski definition) is 0. The Morgan fingerprint density at radius 3 is 2.16 bits per heavy atom. The first-order valence-corrected chi connectivity index (χ1v) is 10.9. The van der Waals surface area contributed by atoms with E-state index in [1.807, 2.05) is 53.4 Å². The Balaban J connectivity index is 1.28. The van der Waals surface area contributed by atoms with Crippen LogP contribution in [-0.4, -0.2) is 23.9 Å². The standard InChI is InChI=1S/C27H22ClNO2/c28-24-13-14-25-23(17-24)18-26(31-25)21-9-5-19(6-10-21)3-4-20-7-11-22(12-8-20)27(30)29-15-1-2-16-29/h3-14,17-18H,1-2,15-16H2/b4-3+. The Labute approximate surface area is 186 Å². The van der Waals surface area contributed by atoms with E-state index >= 15 is 0 Å². The zero-order chi connectivity index (χ0) is 21.2. The van der Waals surface area contributed by atoms with E-state index in [4.69, 9.17) is 16.0 Å². The normalized spacial score (nSPS) is 14.0. The molecule has 0 unspecified atom stereocenters. The molecule has 0 spiro atoms. The van der Waals surface area contributed by atoms with E-state index in [0.717, 1.165) is 64.9 Å². The summed E-state index contributed by atoms with van der Waals surface area (Å²) in [6.45, 7) is 1.75. The molecular formula is C27H22ClNO2. The van der Waals surface area contributed by atoms with E-state index in [9.17, 15) is 4.79 Å². The molecule has 1 aromatic heterocycles. The summed E-state index contributed by atoms with van der Waals surface area (Å²) in [5, 5.41) is 1.70. The van der Waals surface area contributed by atoms with Crippen molar-refractivity contribution in [2.24, 2.45) is 0 Å². The van der Waals surface area contributed by atoms with Crippen molar-refractivity contribution < 1.29 is 9.21 Å². The molecule has 0 radical (unpaired) electrons. The van der Waals surface area contributed by atoms with Crippen LogP contribution < -0.4 is 0 Å². The molecule has 5 rings (SSSR count). The average Bonchev–Trinajstić information content (AvgIpc) is 3.48. The van der Waals surface area contributed by atoms with Gasteiger partial charge in [0.25, 0.3) is 5.91 Å². The summed E-state index contributed by atoms with van der Waals surface area (Å²) < 4.78 is 5.94. The molecule has 1 fully saturated rings. The summed E-state index contributed by atoms with van der Waals surface area (Å²) in [4.78, 5) is 14.4. The summed E-state index contributed by atoms with van der Waals surface area (Å²) in [6.07, 6.45) is 6.34. The highest BCUT2D eigenvalue weighted by Crippen LogP contribution is 2.30. The number of nitrogens with zero attached hydrogens (tertiary/aromatic N) is 1. The third kappa shape index (κ3) is 4.28. The van der Waals surface area contributed by atoms with E-state index in [1.54, 1.807) is 0 Å². The highest BCUT2D eigenvalue weighted by Gasteiger charge is 2.18. The summed E-state index contributed by atoms with van der Waals surface area (Å²) in [5.74, 6) is 0.961. The Morgan fingerprint density at radius 2 is 1.48 bits per heavy atom. The molecule has 154 valence electrons. The van der Waals surface area contributed by atoms with Gasteiger partial charge in [0.15, 0.2) is 0 Å². The lowest BCUT2D eigenvalue weighted by Crippen LogP contribution is -2.27. The van der Waals surface area contributed by atoms with Gasteiger partial charge < -0.3 is 9.32 Å². The van der Waals surface area contributed by atoms with E-state index in [2.05, 4.69) is 36.4 Å². The van der Waals surface area contributed by atoms with Gasteiger partial charge in [-0.05, 0) is 60.4 Å². The molecule has 2 heterocycles. The minimum Gasteiger partial charge on any atom is -0.456 e. The van der Waals surface area contributed by atoms with Crippen molar-refractivity contribution in [2.45, 2.75) is 12.8 Å². The molecule has 0 saturated carbocycles. The lowest BCUT2D eigenvalue weighted by atomic mass is 10.1. The Kier molecular flexibility index (Phi) is 5.35. The lowest BCUT2D eigenvalue weighted by Gasteiger charge is -2.15. The van der Waals surface area contributed by atoms with Gasteiger partial charge >= 0.3 is 0 Å². The molecule has 0 bridgehead atoms. The summed E-state index contributed by atoms with van der Waals surface area (Å²) in [5.41, 5.74) is 4.77. The Morgan fingerprint density at radius 1 is 0.839 bits per heavy atom. The molecule has 0 atom stereocenters. The van der Waals surface area contributed by atoms with Gasteiger partial charge in [-0.15, -0.1) is 0 Å².